The Balaban J connectivity index is 1.38. The summed E-state index contributed by atoms with van der Waals surface area (Å²) in [6.45, 7) is 1.84. The first-order valence-electron chi connectivity index (χ1n) is 9.79. The SMILES string of the molecule is Cc1nccc(Nc2cc(-c3cncc(C(=O)N(C)C45CC(C4)C5)c3)ccn2)n1. The molecule has 146 valence electrons. The van der Waals surface area contributed by atoms with Crippen molar-refractivity contribution in [1.82, 2.24) is 24.8 Å². The predicted octanol–water partition coefficient (Wildman–Crippen LogP) is 3.61. The van der Waals surface area contributed by atoms with Crippen LogP contribution in [0.15, 0.2) is 49.1 Å². The van der Waals surface area contributed by atoms with Crippen LogP contribution in [0.2, 0.25) is 0 Å². The van der Waals surface area contributed by atoms with Crippen molar-refractivity contribution in [2.24, 2.45) is 5.92 Å². The molecule has 0 spiro atoms. The lowest BCUT2D eigenvalue weighted by molar-refractivity contribution is -0.114. The van der Waals surface area contributed by atoms with E-state index in [1.807, 2.05) is 37.1 Å². The second-order valence-electron chi connectivity index (χ2n) is 8.07. The summed E-state index contributed by atoms with van der Waals surface area (Å²) in [6, 6.07) is 7.54. The van der Waals surface area contributed by atoms with Crippen molar-refractivity contribution in [2.45, 2.75) is 31.7 Å². The van der Waals surface area contributed by atoms with Crippen LogP contribution in [0.4, 0.5) is 11.6 Å². The lowest BCUT2D eigenvalue weighted by Crippen LogP contribution is -2.68. The number of nitrogens with one attached hydrogen (secondary N) is 1. The van der Waals surface area contributed by atoms with Crippen LogP contribution >= 0.6 is 0 Å². The number of amides is 1. The largest absolute Gasteiger partial charge is 0.336 e. The quantitative estimate of drug-likeness (QED) is 0.721. The average molecular weight is 386 g/mol. The van der Waals surface area contributed by atoms with E-state index < -0.39 is 0 Å². The Morgan fingerprint density at radius 3 is 2.59 bits per heavy atom. The standard InChI is InChI=1S/C22H22N6O/c1-14-24-6-4-19(26-14)27-20-8-16(3-5-25-20)17-7-18(13-23-12-17)21(29)28(2)22-9-15(10-22)11-22/h3-8,12-13,15H,9-11H2,1-2H3,(H,24,25,26,27). The van der Waals surface area contributed by atoms with E-state index in [2.05, 4.69) is 25.3 Å². The third-order valence-corrected chi connectivity index (χ3v) is 6.13. The van der Waals surface area contributed by atoms with Crippen molar-refractivity contribution in [3.63, 3.8) is 0 Å². The Morgan fingerprint density at radius 1 is 1.07 bits per heavy atom. The molecule has 0 saturated heterocycles. The van der Waals surface area contributed by atoms with Crippen molar-refractivity contribution in [1.29, 1.82) is 0 Å². The van der Waals surface area contributed by atoms with Gasteiger partial charge in [-0.25, -0.2) is 15.0 Å². The van der Waals surface area contributed by atoms with E-state index in [0.717, 1.165) is 36.3 Å². The number of pyridine rings is 2. The summed E-state index contributed by atoms with van der Waals surface area (Å²) in [6.07, 6.45) is 10.3. The zero-order valence-corrected chi connectivity index (χ0v) is 16.5. The molecule has 7 heteroatoms. The van der Waals surface area contributed by atoms with Crippen molar-refractivity contribution in [3.8, 4) is 11.1 Å². The molecule has 3 aromatic rings. The van der Waals surface area contributed by atoms with Crippen LogP contribution in [0.25, 0.3) is 11.1 Å². The number of nitrogens with zero attached hydrogens (tertiary/aromatic N) is 5. The topological polar surface area (TPSA) is 83.9 Å². The van der Waals surface area contributed by atoms with Gasteiger partial charge < -0.3 is 10.2 Å². The summed E-state index contributed by atoms with van der Waals surface area (Å²) < 4.78 is 0. The Kier molecular flexibility index (Phi) is 4.04. The number of rotatable bonds is 5. The van der Waals surface area contributed by atoms with Crippen LogP contribution in [0.1, 0.15) is 35.4 Å². The monoisotopic (exact) mass is 386 g/mol. The number of aryl methyl sites for hydroxylation is 1. The molecule has 0 atom stereocenters. The molecule has 0 unspecified atom stereocenters. The van der Waals surface area contributed by atoms with Crippen LogP contribution < -0.4 is 5.32 Å². The van der Waals surface area contributed by atoms with Gasteiger partial charge in [0.25, 0.3) is 5.91 Å². The predicted molar refractivity (Wildman–Crippen MR) is 110 cm³/mol. The lowest BCUT2D eigenvalue weighted by atomic mass is 9.49. The Bertz CT molecular complexity index is 1080. The molecule has 0 radical (unpaired) electrons. The van der Waals surface area contributed by atoms with E-state index in [-0.39, 0.29) is 11.4 Å². The van der Waals surface area contributed by atoms with Gasteiger partial charge in [0.2, 0.25) is 0 Å². The first-order chi connectivity index (χ1) is 14.0. The second-order valence-corrected chi connectivity index (χ2v) is 8.07. The van der Waals surface area contributed by atoms with Crippen LogP contribution in [-0.2, 0) is 0 Å². The van der Waals surface area contributed by atoms with Crippen molar-refractivity contribution in [2.75, 3.05) is 12.4 Å². The number of anilines is 2. The molecule has 2 bridgehead atoms. The van der Waals surface area contributed by atoms with Gasteiger partial charge in [0.1, 0.15) is 17.5 Å². The minimum Gasteiger partial charge on any atom is -0.336 e. The fourth-order valence-corrected chi connectivity index (χ4v) is 4.30. The van der Waals surface area contributed by atoms with Gasteiger partial charge in [-0.1, -0.05) is 0 Å². The summed E-state index contributed by atoms with van der Waals surface area (Å²) in [5.41, 5.74) is 2.53. The van der Waals surface area contributed by atoms with Crippen LogP contribution in [-0.4, -0.2) is 43.3 Å². The molecule has 0 aliphatic heterocycles. The molecule has 3 aliphatic rings. The smallest absolute Gasteiger partial charge is 0.255 e. The van der Waals surface area contributed by atoms with Gasteiger partial charge in [0.05, 0.1) is 5.56 Å². The number of carbonyl (C=O) groups excluding carboxylic acids is 1. The molecule has 3 heterocycles. The Hall–Kier alpha value is -3.35. The van der Waals surface area contributed by atoms with Gasteiger partial charge in [-0.15, -0.1) is 0 Å². The van der Waals surface area contributed by atoms with E-state index in [1.165, 1.54) is 0 Å². The Morgan fingerprint density at radius 2 is 1.86 bits per heavy atom. The summed E-state index contributed by atoms with van der Waals surface area (Å²) >= 11 is 0. The van der Waals surface area contributed by atoms with Crippen molar-refractivity contribution in [3.05, 3.63) is 60.4 Å². The van der Waals surface area contributed by atoms with E-state index >= 15 is 0 Å². The maximum Gasteiger partial charge on any atom is 0.255 e. The van der Waals surface area contributed by atoms with Crippen molar-refractivity contribution < 1.29 is 4.79 Å². The third-order valence-electron chi connectivity index (χ3n) is 6.13. The minimum atomic E-state index is 0.0429. The molecule has 1 N–H and O–H groups in total. The summed E-state index contributed by atoms with van der Waals surface area (Å²) in [5.74, 6) is 2.92. The molecular weight excluding hydrogens is 364 g/mol. The fraction of sp³-hybridized carbons (Fsp3) is 0.318. The Labute approximate surface area is 169 Å². The summed E-state index contributed by atoms with van der Waals surface area (Å²) in [5, 5.41) is 3.19. The highest BCUT2D eigenvalue weighted by molar-refractivity contribution is 5.95. The lowest BCUT2D eigenvalue weighted by Gasteiger charge is -2.65. The summed E-state index contributed by atoms with van der Waals surface area (Å²) in [4.78, 5) is 32.0. The fourth-order valence-electron chi connectivity index (χ4n) is 4.30. The van der Waals surface area contributed by atoms with Gasteiger partial charge >= 0.3 is 0 Å². The number of aromatic nitrogens is 4. The van der Waals surface area contributed by atoms with Crippen LogP contribution in [0, 0.1) is 12.8 Å². The van der Waals surface area contributed by atoms with Crippen LogP contribution in [0.5, 0.6) is 0 Å². The molecule has 3 fully saturated rings. The highest BCUT2D eigenvalue weighted by atomic mass is 16.2. The second kappa shape index (κ2) is 6.62. The molecular formula is C22H22N6O. The van der Waals surface area contributed by atoms with Gasteiger partial charge in [0, 0.05) is 42.9 Å². The van der Waals surface area contributed by atoms with Gasteiger partial charge in [-0.3, -0.25) is 9.78 Å². The van der Waals surface area contributed by atoms with Crippen LogP contribution in [0.3, 0.4) is 0 Å². The molecule has 7 nitrogen and oxygen atoms in total. The third kappa shape index (κ3) is 3.12. The van der Waals surface area contributed by atoms with E-state index in [0.29, 0.717) is 23.0 Å². The van der Waals surface area contributed by atoms with E-state index in [9.17, 15) is 4.79 Å². The number of hydrogen-bond acceptors (Lipinski definition) is 6. The maximum absolute atomic E-state index is 13.0. The summed E-state index contributed by atoms with van der Waals surface area (Å²) in [7, 11) is 1.92. The van der Waals surface area contributed by atoms with E-state index in [4.69, 9.17) is 0 Å². The molecule has 1 amide bonds. The highest BCUT2D eigenvalue weighted by Crippen LogP contribution is 2.60. The first kappa shape index (κ1) is 17.7. The molecule has 6 rings (SSSR count). The molecule has 29 heavy (non-hydrogen) atoms. The molecule has 3 aromatic heterocycles. The zero-order valence-electron chi connectivity index (χ0n) is 16.5. The van der Waals surface area contributed by atoms with Gasteiger partial charge in [0.15, 0.2) is 0 Å². The maximum atomic E-state index is 13.0. The number of hydrogen-bond donors (Lipinski definition) is 1. The zero-order chi connectivity index (χ0) is 20.0. The molecule has 0 aromatic carbocycles. The van der Waals surface area contributed by atoms with Gasteiger partial charge in [-0.2, -0.15) is 0 Å². The van der Waals surface area contributed by atoms with Crippen molar-refractivity contribution >= 4 is 17.5 Å². The normalized spacial score (nSPS) is 21.7. The first-order valence-corrected chi connectivity index (χ1v) is 9.79. The van der Waals surface area contributed by atoms with E-state index in [1.54, 1.807) is 30.9 Å². The average Bonchev–Trinajstić information content (AvgIpc) is 2.65. The number of carbonyl (C=O) groups is 1. The molecule has 3 saturated carbocycles. The molecule has 3 aliphatic carbocycles. The minimum absolute atomic E-state index is 0.0429. The van der Waals surface area contributed by atoms with Gasteiger partial charge in [-0.05, 0) is 61.9 Å². The highest BCUT2D eigenvalue weighted by Gasteiger charge is 2.60.